The molecule has 0 radical (unpaired) electrons. The summed E-state index contributed by atoms with van der Waals surface area (Å²) in [6, 6.07) is 0.905. The highest BCUT2D eigenvalue weighted by Crippen LogP contribution is 2.36. The van der Waals surface area contributed by atoms with E-state index < -0.39 is 0 Å². The van der Waals surface area contributed by atoms with Crippen molar-refractivity contribution in [2.75, 3.05) is 19.6 Å². The lowest BCUT2D eigenvalue weighted by atomic mass is 9.92. The molecule has 2 fully saturated rings. The van der Waals surface area contributed by atoms with Gasteiger partial charge in [0, 0.05) is 19.1 Å². The van der Waals surface area contributed by atoms with Gasteiger partial charge in [0.05, 0.1) is 0 Å². The summed E-state index contributed by atoms with van der Waals surface area (Å²) in [5.74, 6) is 1.02. The molecular weight excluding hydrogens is 148 g/mol. The highest BCUT2D eigenvalue weighted by atomic mass is 15.2. The summed E-state index contributed by atoms with van der Waals surface area (Å²) in [6.07, 6.45) is 7.25. The van der Waals surface area contributed by atoms with E-state index in [1.54, 1.807) is 0 Å². The molecule has 0 aromatic carbocycles. The molecule has 0 bridgehead atoms. The van der Waals surface area contributed by atoms with Crippen LogP contribution < -0.4 is 5.73 Å². The van der Waals surface area contributed by atoms with Crippen LogP contribution in [-0.4, -0.2) is 30.6 Å². The molecule has 0 aromatic heterocycles. The minimum atomic E-state index is 0.837. The highest BCUT2D eigenvalue weighted by molar-refractivity contribution is 4.88. The largest absolute Gasteiger partial charge is 0.329 e. The van der Waals surface area contributed by atoms with Crippen LogP contribution in [0.15, 0.2) is 0 Å². The lowest BCUT2D eigenvalue weighted by Gasteiger charge is -2.37. The molecule has 12 heavy (non-hydrogen) atoms. The van der Waals surface area contributed by atoms with Crippen LogP contribution in [0, 0.1) is 5.92 Å². The first-order chi connectivity index (χ1) is 5.92. The van der Waals surface area contributed by atoms with Gasteiger partial charge in [-0.1, -0.05) is 6.42 Å². The van der Waals surface area contributed by atoms with Crippen molar-refractivity contribution in [2.24, 2.45) is 11.7 Å². The Morgan fingerprint density at radius 3 is 2.83 bits per heavy atom. The predicted octanol–water partition coefficient (Wildman–Crippen LogP) is 1.21. The van der Waals surface area contributed by atoms with Crippen molar-refractivity contribution in [1.82, 2.24) is 4.90 Å². The molecule has 0 amide bonds. The smallest absolute Gasteiger partial charge is 0.0124 e. The molecule has 1 aliphatic carbocycles. The number of hydrogen-bond acceptors (Lipinski definition) is 2. The van der Waals surface area contributed by atoms with Crippen molar-refractivity contribution in [3.05, 3.63) is 0 Å². The Balaban J connectivity index is 1.94. The Morgan fingerprint density at radius 2 is 2.00 bits per heavy atom. The van der Waals surface area contributed by atoms with Gasteiger partial charge < -0.3 is 5.73 Å². The van der Waals surface area contributed by atoms with E-state index in [4.69, 9.17) is 5.73 Å². The van der Waals surface area contributed by atoms with Gasteiger partial charge in [0.25, 0.3) is 0 Å². The van der Waals surface area contributed by atoms with Gasteiger partial charge in [-0.05, 0) is 38.1 Å². The fourth-order valence-electron chi connectivity index (χ4n) is 3.00. The molecule has 2 aliphatic rings. The first-order valence-electron chi connectivity index (χ1n) is 5.36. The quantitative estimate of drug-likeness (QED) is 0.671. The second-order valence-electron chi connectivity index (χ2n) is 4.23. The zero-order valence-electron chi connectivity index (χ0n) is 7.84. The Labute approximate surface area is 75.1 Å². The minimum absolute atomic E-state index is 0.837. The van der Waals surface area contributed by atoms with Crippen molar-refractivity contribution in [1.29, 1.82) is 0 Å². The van der Waals surface area contributed by atoms with Gasteiger partial charge in [-0.15, -0.1) is 0 Å². The van der Waals surface area contributed by atoms with Crippen LogP contribution in [-0.2, 0) is 0 Å². The van der Waals surface area contributed by atoms with E-state index in [9.17, 15) is 0 Å². The van der Waals surface area contributed by atoms with E-state index >= 15 is 0 Å². The van der Waals surface area contributed by atoms with Gasteiger partial charge in [0.1, 0.15) is 0 Å². The minimum Gasteiger partial charge on any atom is -0.329 e. The van der Waals surface area contributed by atoms with Crippen LogP contribution in [0.1, 0.15) is 32.1 Å². The molecule has 0 unspecified atom stereocenters. The van der Waals surface area contributed by atoms with Gasteiger partial charge in [-0.2, -0.15) is 0 Å². The summed E-state index contributed by atoms with van der Waals surface area (Å²) in [5, 5.41) is 0. The van der Waals surface area contributed by atoms with E-state index in [-0.39, 0.29) is 0 Å². The second-order valence-corrected chi connectivity index (χ2v) is 4.23. The lowest BCUT2D eigenvalue weighted by Crippen LogP contribution is -2.44. The molecule has 1 saturated carbocycles. The summed E-state index contributed by atoms with van der Waals surface area (Å²) in [6.45, 7) is 3.27. The fraction of sp³-hybridized carbons (Fsp3) is 1.00. The van der Waals surface area contributed by atoms with Crippen LogP contribution in [0.5, 0.6) is 0 Å². The third kappa shape index (κ3) is 1.50. The Hall–Kier alpha value is -0.0800. The van der Waals surface area contributed by atoms with E-state index in [2.05, 4.69) is 4.90 Å². The maximum Gasteiger partial charge on any atom is 0.0124 e. The third-order valence-corrected chi connectivity index (χ3v) is 3.52. The number of piperidine rings is 1. The molecule has 1 aliphatic heterocycles. The van der Waals surface area contributed by atoms with Crippen molar-refractivity contribution in [3.63, 3.8) is 0 Å². The standard InChI is InChI=1S/C10H20N2/c11-6-8-12-7-2-4-9-3-1-5-10(9)12/h9-10H,1-8,11H2/t9-,10-/m0/s1. The summed E-state index contributed by atoms with van der Waals surface area (Å²) >= 11 is 0. The van der Waals surface area contributed by atoms with E-state index in [1.807, 2.05) is 0 Å². The average Bonchev–Trinajstić information content (AvgIpc) is 2.53. The molecule has 2 heteroatoms. The average molecular weight is 168 g/mol. The molecule has 2 N–H and O–H groups in total. The number of nitrogens with zero attached hydrogens (tertiary/aromatic N) is 1. The Morgan fingerprint density at radius 1 is 1.17 bits per heavy atom. The predicted molar refractivity (Wildman–Crippen MR) is 51.0 cm³/mol. The molecule has 1 heterocycles. The highest BCUT2D eigenvalue weighted by Gasteiger charge is 2.34. The van der Waals surface area contributed by atoms with Gasteiger partial charge in [0.15, 0.2) is 0 Å². The molecule has 70 valence electrons. The normalized spacial score (nSPS) is 36.8. The maximum atomic E-state index is 5.60. The van der Waals surface area contributed by atoms with Gasteiger partial charge in [-0.3, -0.25) is 4.90 Å². The number of nitrogens with two attached hydrogens (primary N) is 1. The molecule has 0 aromatic rings. The van der Waals surface area contributed by atoms with Crippen LogP contribution in [0.4, 0.5) is 0 Å². The summed E-state index contributed by atoms with van der Waals surface area (Å²) < 4.78 is 0. The monoisotopic (exact) mass is 168 g/mol. The van der Waals surface area contributed by atoms with E-state index in [0.717, 1.165) is 25.0 Å². The molecule has 2 rings (SSSR count). The van der Waals surface area contributed by atoms with Gasteiger partial charge >= 0.3 is 0 Å². The number of rotatable bonds is 2. The number of likely N-dealkylation sites (tertiary alicyclic amines) is 1. The van der Waals surface area contributed by atoms with Crippen molar-refractivity contribution in [3.8, 4) is 0 Å². The molecule has 1 saturated heterocycles. The molecular formula is C10H20N2. The summed E-state index contributed by atoms with van der Waals surface area (Å²) in [5.41, 5.74) is 5.60. The number of fused-ring (bicyclic) bond motifs is 1. The Bertz CT molecular complexity index is 145. The molecule has 2 atom stereocenters. The lowest BCUT2D eigenvalue weighted by molar-refractivity contribution is 0.117. The second kappa shape index (κ2) is 3.75. The zero-order valence-corrected chi connectivity index (χ0v) is 7.84. The van der Waals surface area contributed by atoms with Gasteiger partial charge in [0.2, 0.25) is 0 Å². The first kappa shape index (κ1) is 8.52. The topological polar surface area (TPSA) is 29.3 Å². The van der Waals surface area contributed by atoms with Crippen molar-refractivity contribution in [2.45, 2.75) is 38.1 Å². The van der Waals surface area contributed by atoms with Crippen LogP contribution in [0.25, 0.3) is 0 Å². The van der Waals surface area contributed by atoms with Crippen LogP contribution in [0.2, 0.25) is 0 Å². The first-order valence-corrected chi connectivity index (χ1v) is 5.36. The van der Waals surface area contributed by atoms with E-state index in [0.29, 0.717) is 0 Å². The third-order valence-electron chi connectivity index (χ3n) is 3.52. The molecule has 0 spiro atoms. The summed E-state index contributed by atoms with van der Waals surface area (Å²) in [7, 11) is 0. The SMILES string of the molecule is NCCN1CCC[C@@H]2CCC[C@@H]21. The fourth-order valence-corrected chi connectivity index (χ4v) is 3.00. The van der Waals surface area contributed by atoms with Gasteiger partial charge in [-0.25, -0.2) is 0 Å². The van der Waals surface area contributed by atoms with Crippen LogP contribution in [0.3, 0.4) is 0 Å². The Kier molecular flexibility index (Phi) is 2.66. The van der Waals surface area contributed by atoms with Crippen LogP contribution >= 0.6 is 0 Å². The molecule has 2 nitrogen and oxygen atoms in total. The number of hydrogen-bond donors (Lipinski definition) is 1. The zero-order chi connectivity index (χ0) is 8.39. The van der Waals surface area contributed by atoms with Crippen molar-refractivity contribution >= 4 is 0 Å². The summed E-state index contributed by atoms with van der Waals surface area (Å²) in [4.78, 5) is 2.63. The van der Waals surface area contributed by atoms with Crippen molar-refractivity contribution < 1.29 is 0 Å². The van der Waals surface area contributed by atoms with E-state index in [1.165, 1.54) is 38.6 Å². The maximum absolute atomic E-state index is 5.60.